The van der Waals surface area contributed by atoms with Crippen molar-refractivity contribution in [2.75, 3.05) is 40.8 Å². The molecule has 1 N–H and O–H groups in total. The molecule has 0 saturated heterocycles. The van der Waals surface area contributed by atoms with Gasteiger partial charge in [0.1, 0.15) is 0 Å². The third-order valence-corrected chi connectivity index (χ3v) is 3.40. The van der Waals surface area contributed by atoms with Crippen molar-refractivity contribution in [3.8, 4) is 0 Å². The van der Waals surface area contributed by atoms with Gasteiger partial charge in [-0.15, -0.1) is 0 Å². The summed E-state index contributed by atoms with van der Waals surface area (Å²) in [5.41, 5.74) is 0. The summed E-state index contributed by atoms with van der Waals surface area (Å²) in [7, 11) is 6.37. The van der Waals surface area contributed by atoms with Crippen LogP contribution in [0.5, 0.6) is 0 Å². The van der Waals surface area contributed by atoms with Crippen LogP contribution in [0.25, 0.3) is 0 Å². The summed E-state index contributed by atoms with van der Waals surface area (Å²) < 4.78 is 0. The standard InChI is InChI=1S/C14H33N3/c1-8-14(15-5)13(4)17(11-12(2)3)10-9-16(6)7/h12-15H,8-11H2,1-7H3. The van der Waals surface area contributed by atoms with E-state index in [1.54, 1.807) is 0 Å². The second-order valence-electron chi connectivity index (χ2n) is 5.74. The molecule has 3 nitrogen and oxygen atoms in total. The number of rotatable bonds is 9. The van der Waals surface area contributed by atoms with Crippen LogP contribution in [-0.4, -0.2) is 62.7 Å². The number of nitrogens with zero attached hydrogens (tertiary/aromatic N) is 2. The van der Waals surface area contributed by atoms with E-state index in [4.69, 9.17) is 0 Å². The normalized spacial score (nSPS) is 15.9. The van der Waals surface area contributed by atoms with E-state index in [0.29, 0.717) is 12.1 Å². The lowest BCUT2D eigenvalue weighted by Gasteiger charge is -2.36. The van der Waals surface area contributed by atoms with E-state index in [-0.39, 0.29) is 0 Å². The van der Waals surface area contributed by atoms with Gasteiger partial charge in [-0.25, -0.2) is 0 Å². The van der Waals surface area contributed by atoms with E-state index in [2.05, 4.69) is 64.0 Å². The Bertz CT molecular complexity index is 176. The summed E-state index contributed by atoms with van der Waals surface area (Å²) >= 11 is 0. The quantitative estimate of drug-likeness (QED) is 0.667. The van der Waals surface area contributed by atoms with Gasteiger partial charge in [0.05, 0.1) is 0 Å². The van der Waals surface area contributed by atoms with Gasteiger partial charge in [0.2, 0.25) is 0 Å². The Morgan fingerprint density at radius 3 is 2.00 bits per heavy atom. The van der Waals surface area contributed by atoms with Crippen LogP contribution >= 0.6 is 0 Å². The molecule has 0 aliphatic rings. The molecular formula is C14H33N3. The second kappa shape index (κ2) is 8.90. The molecule has 0 spiro atoms. The van der Waals surface area contributed by atoms with E-state index in [1.807, 2.05) is 0 Å². The molecule has 0 bridgehead atoms. The van der Waals surface area contributed by atoms with E-state index in [0.717, 1.165) is 19.0 Å². The van der Waals surface area contributed by atoms with Gasteiger partial charge in [0.15, 0.2) is 0 Å². The summed E-state index contributed by atoms with van der Waals surface area (Å²) in [5.74, 6) is 0.731. The van der Waals surface area contributed by atoms with Gasteiger partial charge in [-0.05, 0) is 40.4 Å². The Balaban J connectivity index is 4.42. The Morgan fingerprint density at radius 2 is 1.65 bits per heavy atom. The van der Waals surface area contributed by atoms with Crippen LogP contribution in [0, 0.1) is 5.92 Å². The van der Waals surface area contributed by atoms with E-state index < -0.39 is 0 Å². The maximum atomic E-state index is 3.44. The van der Waals surface area contributed by atoms with Crippen LogP contribution in [-0.2, 0) is 0 Å². The molecule has 0 fully saturated rings. The van der Waals surface area contributed by atoms with Crippen LogP contribution in [0.15, 0.2) is 0 Å². The fraction of sp³-hybridized carbons (Fsp3) is 1.00. The zero-order chi connectivity index (χ0) is 13.4. The molecule has 0 aromatic carbocycles. The van der Waals surface area contributed by atoms with Gasteiger partial charge < -0.3 is 10.2 Å². The Morgan fingerprint density at radius 1 is 1.06 bits per heavy atom. The van der Waals surface area contributed by atoms with Crippen molar-refractivity contribution in [1.82, 2.24) is 15.1 Å². The molecule has 0 aliphatic carbocycles. The number of nitrogens with one attached hydrogen (secondary N) is 1. The first-order chi connectivity index (χ1) is 7.92. The van der Waals surface area contributed by atoms with Crippen LogP contribution in [0.3, 0.4) is 0 Å². The molecule has 0 amide bonds. The lowest BCUT2D eigenvalue weighted by Crippen LogP contribution is -2.50. The van der Waals surface area contributed by atoms with Crippen molar-refractivity contribution in [3.05, 3.63) is 0 Å². The molecular weight excluding hydrogens is 210 g/mol. The maximum Gasteiger partial charge on any atom is 0.0221 e. The highest BCUT2D eigenvalue weighted by Crippen LogP contribution is 2.10. The highest BCUT2D eigenvalue weighted by molar-refractivity contribution is 4.80. The fourth-order valence-electron chi connectivity index (χ4n) is 2.30. The van der Waals surface area contributed by atoms with Gasteiger partial charge in [-0.1, -0.05) is 20.8 Å². The first kappa shape index (κ1) is 16.9. The molecule has 0 aromatic heterocycles. The van der Waals surface area contributed by atoms with Gasteiger partial charge in [0.25, 0.3) is 0 Å². The first-order valence-electron chi connectivity index (χ1n) is 6.98. The predicted molar refractivity (Wildman–Crippen MR) is 77.6 cm³/mol. The summed E-state index contributed by atoms with van der Waals surface area (Å²) in [6, 6.07) is 1.20. The van der Waals surface area contributed by atoms with Gasteiger partial charge in [0, 0.05) is 31.7 Å². The molecule has 0 heterocycles. The monoisotopic (exact) mass is 243 g/mol. The molecule has 2 atom stereocenters. The summed E-state index contributed by atoms with van der Waals surface area (Å²) in [4.78, 5) is 4.88. The first-order valence-corrected chi connectivity index (χ1v) is 6.98. The highest BCUT2D eigenvalue weighted by Gasteiger charge is 2.21. The van der Waals surface area contributed by atoms with Crippen molar-refractivity contribution in [1.29, 1.82) is 0 Å². The number of likely N-dealkylation sites (N-methyl/N-ethyl adjacent to an activating group) is 2. The SMILES string of the molecule is CCC(NC)C(C)N(CCN(C)C)CC(C)C. The lowest BCUT2D eigenvalue weighted by atomic mass is 10.0. The largest absolute Gasteiger partial charge is 0.315 e. The summed E-state index contributed by atoms with van der Waals surface area (Å²) in [5, 5.41) is 3.44. The topological polar surface area (TPSA) is 18.5 Å². The molecule has 0 rings (SSSR count). The Labute approximate surface area is 109 Å². The third kappa shape index (κ3) is 7.02. The summed E-state index contributed by atoms with van der Waals surface area (Å²) in [6.07, 6.45) is 1.19. The molecule has 2 unspecified atom stereocenters. The van der Waals surface area contributed by atoms with Crippen LogP contribution in [0.2, 0.25) is 0 Å². The van der Waals surface area contributed by atoms with Crippen LogP contribution in [0.4, 0.5) is 0 Å². The molecule has 104 valence electrons. The minimum Gasteiger partial charge on any atom is -0.315 e. The zero-order valence-corrected chi connectivity index (χ0v) is 13.0. The molecule has 3 heteroatoms. The molecule has 0 radical (unpaired) electrons. The van der Waals surface area contributed by atoms with Crippen molar-refractivity contribution in [2.24, 2.45) is 5.92 Å². The van der Waals surface area contributed by atoms with Gasteiger partial charge in [-0.2, -0.15) is 0 Å². The van der Waals surface area contributed by atoms with E-state index >= 15 is 0 Å². The van der Waals surface area contributed by atoms with Crippen molar-refractivity contribution < 1.29 is 0 Å². The van der Waals surface area contributed by atoms with Gasteiger partial charge >= 0.3 is 0 Å². The van der Waals surface area contributed by atoms with Crippen LogP contribution in [0.1, 0.15) is 34.1 Å². The van der Waals surface area contributed by atoms with Crippen LogP contribution < -0.4 is 5.32 Å². The Kier molecular flexibility index (Phi) is 8.83. The summed E-state index contributed by atoms with van der Waals surface area (Å²) in [6.45, 7) is 12.7. The predicted octanol–water partition coefficient (Wildman–Crippen LogP) is 1.89. The molecule has 0 aromatic rings. The highest BCUT2D eigenvalue weighted by atomic mass is 15.2. The minimum atomic E-state index is 0.593. The van der Waals surface area contributed by atoms with Crippen molar-refractivity contribution in [2.45, 2.75) is 46.2 Å². The smallest absolute Gasteiger partial charge is 0.0221 e. The van der Waals surface area contributed by atoms with Gasteiger partial charge in [-0.3, -0.25) is 4.90 Å². The van der Waals surface area contributed by atoms with Crippen molar-refractivity contribution in [3.63, 3.8) is 0 Å². The van der Waals surface area contributed by atoms with E-state index in [1.165, 1.54) is 13.0 Å². The Hall–Kier alpha value is -0.120. The third-order valence-electron chi connectivity index (χ3n) is 3.40. The molecule has 0 aliphatic heterocycles. The second-order valence-corrected chi connectivity index (χ2v) is 5.74. The van der Waals surface area contributed by atoms with E-state index in [9.17, 15) is 0 Å². The number of hydrogen-bond acceptors (Lipinski definition) is 3. The maximum absolute atomic E-state index is 3.44. The van der Waals surface area contributed by atoms with Crippen molar-refractivity contribution >= 4 is 0 Å². The number of hydrogen-bond donors (Lipinski definition) is 1. The zero-order valence-electron chi connectivity index (χ0n) is 13.0. The minimum absolute atomic E-state index is 0.593. The lowest BCUT2D eigenvalue weighted by molar-refractivity contribution is 0.140. The molecule has 17 heavy (non-hydrogen) atoms. The average molecular weight is 243 g/mol. The molecule has 0 saturated carbocycles. The fourth-order valence-corrected chi connectivity index (χ4v) is 2.30. The average Bonchev–Trinajstić information content (AvgIpc) is 2.25.